The number of hydrogen-bond donors (Lipinski definition) is 2. The van der Waals surface area contributed by atoms with E-state index in [1.807, 2.05) is 31.2 Å². The summed E-state index contributed by atoms with van der Waals surface area (Å²) in [5, 5.41) is 6.59. The first-order valence-corrected chi connectivity index (χ1v) is 7.22. The topological polar surface area (TPSA) is 33.3 Å². The van der Waals surface area contributed by atoms with Crippen LogP contribution in [0.2, 0.25) is 5.02 Å². The van der Waals surface area contributed by atoms with E-state index in [0.29, 0.717) is 13.2 Å². The van der Waals surface area contributed by atoms with E-state index in [1.165, 1.54) is 6.07 Å². The molecule has 0 radical (unpaired) electrons. The zero-order valence-electron chi connectivity index (χ0n) is 11.8. The van der Waals surface area contributed by atoms with Gasteiger partial charge in [-0.05, 0) is 37.3 Å². The van der Waals surface area contributed by atoms with Gasteiger partial charge in [-0.1, -0.05) is 17.7 Å². The molecular weight excluding hydrogens is 291 g/mol. The van der Waals surface area contributed by atoms with Crippen LogP contribution in [0.3, 0.4) is 0 Å². The number of anilines is 2. The lowest BCUT2D eigenvalue weighted by Crippen LogP contribution is -2.13. The maximum atomic E-state index is 13.0. The minimum atomic E-state index is -0.409. The van der Waals surface area contributed by atoms with E-state index < -0.39 is 5.82 Å². The summed E-state index contributed by atoms with van der Waals surface area (Å²) in [6, 6.07) is 12.4. The summed E-state index contributed by atoms with van der Waals surface area (Å²) in [5.41, 5.74) is 1.80. The lowest BCUT2D eigenvalue weighted by molar-refractivity contribution is 0.340. The van der Waals surface area contributed by atoms with Crippen molar-refractivity contribution in [1.82, 2.24) is 0 Å². The Hall–Kier alpha value is -1.94. The summed E-state index contributed by atoms with van der Waals surface area (Å²) < 4.78 is 18.5. The first-order valence-electron chi connectivity index (χ1n) is 6.84. The zero-order chi connectivity index (χ0) is 15.1. The fourth-order valence-corrected chi connectivity index (χ4v) is 2.06. The van der Waals surface area contributed by atoms with Crippen molar-refractivity contribution in [2.24, 2.45) is 0 Å². The third kappa shape index (κ3) is 4.83. The summed E-state index contributed by atoms with van der Waals surface area (Å²) in [6.07, 6.45) is 0. The van der Waals surface area contributed by atoms with Crippen LogP contribution < -0.4 is 15.4 Å². The van der Waals surface area contributed by atoms with Crippen molar-refractivity contribution in [3.63, 3.8) is 0 Å². The Kier molecular flexibility index (Phi) is 5.69. The first-order chi connectivity index (χ1) is 10.2. The van der Waals surface area contributed by atoms with Crippen molar-refractivity contribution >= 4 is 23.0 Å². The molecule has 0 fully saturated rings. The predicted octanol–water partition coefficient (Wildman–Crippen LogP) is 4.40. The third-order valence-electron chi connectivity index (χ3n) is 2.85. The maximum absolute atomic E-state index is 13.0. The van der Waals surface area contributed by atoms with Crippen LogP contribution in [0.15, 0.2) is 42.5 Å². The van der Waals surface area contributed by atoms with Gasteiger partial charge in [-0.25, -0.2) is 4.39 Å². The summed E-state index contributed by atoms with van der Waals surface area (Å²) in [5.74, 6) is 0.439. The second kappa shape index (κ2) is 7.74. The largest absolute Gasteiger partial charge is 0.494 e. The fourth-order valence-electron chi connectivity index (χ4n) is 1.88. The molecule has 0 aliphatic rings. The molecule has 2 N–H and O–H groups in total. The van der Waals surface area contributed by atoms with Crippen molar-refractivity contribution in [3.8, 4) is 5.75 Å². The van der Waals surface area contributed by atoms with Crippen molar-refractivity contribution in [2.75, 3.05) is 30.3 Å². The number of rotatable bonds is 7. The normalized spacial score (nSPS) is 10.2. The van der Waals surface area contributed by atoms with Crippen LogP contribution >= 0.6 is 11.6 Å². The molecule has 0 bridgehead atoms. The Morgan fingerprint density at radius 2 is 1.76 bits per heavy atom. The van der Waals surface area contributed by atoms with Crippen LogP contribution in [0.1, 0.15) is 6.92 Å². The van der Waals surface area contributed by atoms with Crippen LogP contribution in [0, 0.1) is 5.82 Å². The molecule has 2 aromatic rings. The molecule has 0 atom stereocenters. The van der Waals surface area contributed by atoms with E-state index in [-0.39, 0.29) is 5.02 Å². The molecule has 0 aliphatic carbocycles. The van der Waals surface area contributed by atoms with Gasteiger partial charge in [-0.3, -0.25) is 0 Å². The van der Waals surface area contributed by atoms with Crippen LogP contribution in [-0.2, 0) is 0 Å². The zero-order valence-corrected chi connectivity index (χ0v) is 12.6. The summed E-state index contributed by atoms with van der Waals surface area (Å²) in [6.45, 7) is 4.03. The molecule has 2 aromatic carbocycles. The standard InChI is InChI=1S/C16H18ClFN2O/c1-2-21-14-5-3-4-12(10-14)19-8-9-20-13-6-7-16(18)15(17)11-13/h3-7,10-11,19-20H,2,8-9H2,1H3. The van der Waals surface area contributed by atoms with Gasteiger partial charge >= 0.3 is 0 Å². The number of ether oxygens (including phenoxy) is 1. The highest BCUT2D eigenvalue weighted by molar-refractivity contribution is 6.31. The molecular formula is C16H18ClFN2O. The van der Waals surface area contributed by atoms with Gasteiger partial charge in [0, 0.05) is 30.5 Å². The van der Waals surface area contributed by atoms with Gasteiger partial charge in [0.1, 0.15) is 11.6 Å². The fraction of sp³-hybridized carbons (Fsp3) is 0.250. The van der Waals surface area contributed by atoms with Crippen LogP contribution in [-0.4, -0.2) is 19.7 Å². The Labute approximate surface area is 129 Å². The number of hydrogen-bond acceptors (Lipinski definition) is 3. The quantitative estimate of drug-likeness (QED) is 0.744. The molecule has 0 aromatic heterocycles. The smallest absolute Gasteiger partial charge is 0.141 e. The summed E-state index contributed by atoms with van der Waals surface area (Å²) in [4.78, 5) is 0. The molecule has 0 amide bonds. The first kappa shape index (κ1) is 15.4. The molecule has 0 spiro atoms. The van der Waals surface area contributed by atoms with Crippen LogP contribution in [0.25, 0.3) is 0 Å². The lowest BCUT2D eigenvalue weighted by Gasteiger charge is -2.10. The Balaban J connectivity index is 1.79. The molecule has 0 heterocycles. The van der Waals surface area contributed by atoms with E-state index in [1.54, 1.807) is 12.1 Å². The van der Waals surface area contributed by atoms with E-state index in [4.69, 9.17) is 16.3 Å². The van der Waals surface area contributed by atoms with Gasteiger partial charge in [0.25, 0.3) is 0 Å². The second-order valence-corrected chi connectivity index (χ2v) is 4.85. The SMILES string of the molecule is CCOc1cccc(NCCNc2ccc(F)c(Cl)c2)c1. The Morgan fingerprint density at radius 1 is 1.05 bits per heavy atom. The van der Waals surface area contributed by atoms with E-state index in [2.05, 4.69) is 10.6 Å². The van der Waals surface area contributed by atoms with Gasteiger partial charge in [0.2, 0.25) is 0 Å². The van der Waals surface area contributed by atoms with Gasteiger partial charge in [-0.15, -0.1) is 0 Å². The molecule has 0 aliphatic heterocycles. The lowest BCUT2D eigenvalue weighted by atomic mass is 10.3. The highest BCUT2D eigenvalue weighted by Crippen LogP contribution is 2.19. The van der Waals surface area contributed by atoms with E-state index in [9.17, 15) is 4.39 Å². The molecule has 0 saturated carbocycles. The molecule has 5 heteroatoms. The molecule has 21 heavy (non-hydrogen) atoms. The summed E-state index contributed by atoms with van der Waals surface area (Å²) >= 11 is 5.73. The molecule has 0 unspecified atom stereocenters. The minimum absolute atomic E-state index is 0.123. The Bertz CT molecular complexity index is 592. The predicted molar refractivity (Wildman–Crippen MR) is 86.0 cm³/mol. The van der Waals surface area contributed by atoms with Crippen molar-refractivity contribution in [3.05, 3.63) is 53.3 Å². The average molecular weight is 309 g/mol. The van der Waals surface area contributed by atoms with Gasteiger partial charge < -0.3 is 15.4 Å². The molecule has 0 saturated heterocycles. The van der Waals surface area contributed by atoms with Gasteiger partial charge in [-0.2, -0.15) is 0 Å². The maximum Gasteiger partial charge on any atom is 0.141 e. The van der Waals surface area contributed by atoms with Gasteiger partial charge in [0.05, 0.1) is 11.6 Å². The average Bonchev–Trinajstić information content (AvgIpc) is 2.48. The summed E-state index contributed by atoms with van der Waals surface area (Å²) in [7, 11) is 0. The van der Waals surface area contributed by atoms with Crippen molar-refractivity contribution in [2.45, 2.75) is 6.92 Å². The van der Waals surface area contributed by atoms with E-state index in [0.717, 1.165) is 23.7 Å². The number of nitrogens with one attached hydrogen (secondary N) is 2. The Morgan fingerprint density at radius 3 is 2.43 bits per heavy atom. The molecule has 2 rings (SSSR count). The van der Waals surface area contributed by atoms with Crippen LogP contribution in [0.4, 0.5) is 15.8 Å². The highest BCUT2D eigenvalue weighted by atomic mass is 35.5. The van der Waals surface area contributed by atoms with Crippen molar-refractivity contribution in [1.29, 1.82) is 0 Å². The second-order valence-electron chi connectivity index (χ2n) is 4.44. The monoisotopic (exact) mass is 308 g/mol. The molecule has 112 valence electrons. The minimum Gasteiger partial charge on any atom is -0.494 e. The molecule has 3 nitrogen and oxygen atoms in total. The van der Waals surface area contributed by atoms with Crippen molar-refractivity contribution < 1.29 is 9.13 Å². The van der Waals surface area contributed by atoms with E-state index >= 15 is 0 Å². The highest BCUT2D eigenvalue weighted by Gasteiger charge is 2.00. The third-order valence-corrected chi connectivity index (χ3v) is 3.14. The van der Waals surface area contributed by atoms with Crippen LogP contribution in [0.5, 0.6) is 5.75 Å². The number of benzene rings is 2. The van der Waals surface area contributed by atoms with Gasteiger partial charge in [0.15, 0.2) is 0 Å². The number of halogens is 2.